The summed E-state index contributed by atoms with van der Waals surface area (Å²) in [5, 5.41) is 2.32. The number of Topliss-reactive ketones (excluding diaryl/α,β-unsaturated/α-hetero) is 2. The van der Waals surface area contributed by atoms with Crippen LogP contribution < -0.4 is 5.32 Å². The molecule has 0 saturated carbocycles. The van der Waals surface area contributed by atoms with E-state index in [-0.39, 0.29) is 6.42 Å². The Kier molecular flexibility index (Phi) is 4.66. The van der Waals surface area contributed by atoms with E-state index in [1.54, 1.807) is 6.92 Å². The van der Waals surface area contributed by atoms with Crippen LogP contribution in [0, 0.1) is 0 Å². The second kappa shape index (κ2) is 5.24. The molecule has 0 fully saturated rings. The molecule has 1 atom stereocenters. The average molecular weight is 183 g/mol. The number of carbonyl (C=O) groups excluding carboxylic acids is 3. The first-order valence-electron chi connectivity index (χ1n) is 4.02. The van der Waals surface area contributed by atoms with Crippen LogP contribution in [0.2, 0.25) is 0 Å². The molecule has 0 aromatic carbocycles. The summed E-state index contributed by atoms with van der Waals surface area (Å²) < 4.78 is 0. The minimum absolute atomic E-state index is 0.160. The van der Waals surface area contributed by atoms with Crippen molar-refractivity contribution in [2.45, 2.75) is 26.3 Å². The molecule has 0 aliphatic rings. The Labute approximate surface area is 77.0 Å². The predicted molar refractivity (Wildman–Crippen MR) is 48.1 cm³/mol. The van der Waals surface area contributed by atoms with Crippen molar-refractivity contribution < 1.29 is 14.4 Å². The number of amides is 1. The van der Waals surface area contributed by atoms with Gasteiger partial charge in [-0.15, -0.1) is 0 Å². The van der Waals surface area contributed by atoms with Crippen LogP contribution in [0.1, 0.15) is 20.3 Å². The highest BCUT2D eigenvalue weighted by molar-refractivity contribution is 6.39. The van der Waals surface area contributed by atoms with Gasteiger partial charge in [0.05, 0.1) is 6.04 Å². The summed E-state index contributed by atoms with van der Waals surface area (Å²) in [6.45, 7) is 6.30. The van der Waals surface area contributed by atoms with E-state index in [1.807, 2.05) is 0 Å². The number of nitrogens with one attached hydrogen (secondary N) is 1. The van der Waals surface area contributed by atoms with Gasteiger partial charge in [-0.2, -0.15) is 0 Å². The summed E-state index contributed by atoms with van der Waals surface area (Å²) >= 11 is 0. The second-order valence-corrected chi connectivity index (χ2v) is 2.58. The van der Waals surface area contributed by atoms with Crippen LogP contribution in [0.15, 0.2) is 12.7 Å². The summed E-state index contributed by atoms with van der Waals surface area (Å²) in [5.74, 6) is -1.50. The molecule has 1 N–H and O–H groups in total. The largest absolute Gasteiger partial charge is 0.343 e. The zero-order chi connectivity index (χ0) is 10.4. The van der Waals surface area contributed by atoms with E-state index < -0.39 is 23.5 Å². The lowest BCUT2D eigenvalue weighted by Crippen LogP contribution is -2.40. The van der Waals surface area contributed by atoms with E-state index in [0.29, 0.717) is 0 Å². The second-order valence-electron chi connectivity index (χ2n) is 2.58. The quantitative estimate of drug-likeness (QED) is 0.490. The maximum absolute atomic E-state index is 11.1. The molecule has 1 unspecified atom stereocenters. The molecule has 72 valence electrons. The Morgan fingerprint density at radius 1 is 1.46 bits per heavy atom. The minimum Gasteiger partial charge on any atom is -0.343 e. The number of hydrogen-bond acceptors (Lipinski definition) is 3. The van der Waals surface area contributed by atoms with Crippen molar-refractivity contribution in [3.63, 3.8) is 0 Å². The van der Waals surface area contributed by atoms with E-state index in [0.717, 1.165) is 6.08 Å². The van der Waals surface area contributed by atoms with E-state index in [2.05, 4.69) is 11.9 Å². The lowest BCUT2D eigenvalue weighted by atomic mass is 10.1. The lowest BCUT2D eigenvalue weighted by molar-refractivity contribution is -0.138. The highest BCUT2D eigenvalue weighted by atomic mass is 16.2. The van der Waals surface area contributed by atoms with Crippen molar-refractivity contribution in [1.82, 2.24) is 5.32 Å². The molecule has 0 rings (SSSR count). The van der Waals surface area contributed by atoms with Crippen LogP contribution in [0.3, 0.4) is 0 Å². The fourth-order valence-corrected chi connectivity index (χ4v) is 0.754. The summed E-state index contributed by atoms with van der Waals surface area (Å²) in [6.07, 6.45) is 1.22. The van der Waals surface area contributed by atoms with Gasteiger partial charge in [-0.1, -0.05) is 13.5 Å². The van der Waals surface area contributed by atoms with Gasteiger partial charge in [0, 0.05) is 6.42 Å². The molecular weight excluding hydrogens is 170 g/mol. The van der Waals surface area contributed by atoms with Gasteiger partial charge in [-0.05, 0) is 13.0 Å². The highest BCUT2D eigenvalue weighted by Gasteiger charge is 2.19. The third-order valence-corrected chi connectivity index (χ3v) is 1.53. The molecule has 0 spiro atoms. The van der Waals surface area contributed by atoms with E-state index in [4.69, 9.17) is 0 Å². The lowest BCUT2D eigenvalue weighted by Gasteiger charge is -2.09. The Morgan fingerprint density at radius 3 is 2.38 bits per heavy atom. The third-order valence-electron chi connectivity index (χ3n) is 1.53. The van der Waals surface area contributed by atoms with Crippen molar-refractivity contribution in [3.8, 4) is 0 Å². The van der Waals surface area contributed by atoms with Crippen molar-refractivity contribution in [3.05, 3.63) is 12.7 Å². The molecule has 0 radical (unpaired) electrons. The molecule has 0 aliphatic carbocycles. The van der Waals surface area contributed by atoms with E-state index in [9.17, 15) is 14.4 Å². The fraction of sp³-hybridized carbons (Fsp3) is 0.444. The Bertz CT molecular complexity index is 245. The van der Waals surface area contributed by atoms with Gasteiger partial charge in [0.25, 0.3) is 0 Å². The monoisotopic (exact) mass is 183 g/mol. The molecule has 1 amide bonds. The number of carbonyl (C=O) groups is 3. The molecular formula is C9H13NO3. The highest BCUT2D eigenvalue weighted by Crippen LogP contribution is 1.91. The van der Waals surface area contributed by atoms with Gasteiger partial charge in [0.1, 0.15) is 0 Å². The maximum atomic E-state index is 11.1. The molecule has 4 heteroatoms. The van der Waals surface area contributed by atoms with Crippen LogP contribution >= 0.6 is 0 Å². The zero-order valence-corrected chi connectivity index (χ0v) is 7.79. The maximum Gasteiger partial charge on any atom is 0.243 e. The molecule has 13 heavy (non-hydrogen) atoms. The van der Waals surface area contributed by atoms with E-state index in [1.165, 1.54) is 6.92 Å². The van der Waals surface area contributed by atoms with Crippen molar-refractivity contribution in [1.29, 1.82) is 0 Å². The smallest absolute Gasteiger partial charge is 0.243 e. The minimum atomic E-state index is -0.766. The summed E-state index contributed by atoms with van der Waals surface area (Å²) in [5.41, 5.74) is 0. The van der Waals surface area contributed by atoms with Gasteiger partial charge in [-0.25, -0.2) is 0 Å². The third kappa shape index (κ3) is 3.64. The molecule has 4 nitrogen and oxygen atoms in total. The zero-order valence-electron chi connectivity index (χ0n) is 7.79. The topological polar surface area (TPSA) is 63.2 Å². The predicted octanol–water partition coefficient (Wildman–Crippen LogP) is 0.225. The van der Waals surface area contributed by atoms with Gasteiger partial charge in [0.15, 0.2) is 5.78 Å². The number of hydrogen-bond donors (Lipinski definition) is 1. The Hall–Kier alpha value is -1.45. The number of rotatable bonds is 5. The van der Waals surface area contributed by atoms with Crippen molar-refractivity contribution in [2.75, 3.05) is 0 Å². The molecule has 0 aromatic heterocycles. The first kappa shape index (κ1) is 11.6. The number of ketones is 2. The van der Waals surface area contributed by atoms with Crippen LogP contribution in [-0.4, -0.2) is 23.5 Å². The van der Waals surface area contributed by atoms with Crippen LogP contribution in [0.25, 0.3) is 0 Å². The van der Waals surface area contributed by atoms with Crippen LogP contribution in [0.4, 0.5) is 0 Å². The average Bonchev–Trinajstić information content (AvgIpc) is 2.14. The molecule has 0 saturated heterocycles. The van der Waals surface area contributed by atoms with Gasteiger partial charge < -0.3 is 5.32 Å². The SMILES string of the molecule is C=CC(=O)NC(C)C(=O)C(=O)CC. The first-order chi connectivity index (χ1) is 6.02. The van der Waals surface area contributed by atoms with Crippen molar-refractivity contribution in [2.24, 2.45) is 0 Å². The molecule has 0 heterocycles. The summed E-state index contributed by atoms with van der Waals surface area (Å²) in [6, 6.07) is -0.766. The Morgan fingerprint density at radius 2 is 2.00 bits per heavy atom. The van der Waals surface area contributed by atoms with Gasteiger partial charge >= 0.3 is 0 Å². The summed E-state index contributed by atoms with van der Waals surface area (Å²) in [4.78, 5) is 32.8. The van der Waals surface area contributed by atoms with E-state index >= 15 is 0 Å². The van der Waals surface area contributed by atoms with Crippen LogP contribution in [0.5, 0.6) is 0 Å². The molecule has 0 bridgehead atoms. The van der Waals surface area contributed by atoms with Crippen molar-refractivity contribution >= 4 is 17.5 Å². The first-order valence-corrected chi connectivity index (χ1v) is 4.02. The fourth-order valence-electron chi connectivity index (χ4n) is 0.754. The standard InChI is InChI=1S/C9H13NO3/c1-4-7(11)9(13)6(3)10-8(12)5-2/h5-6H,2,4H2,1,3H3,(H,10,12). The Balaban J connectivity index is 4.18. The molecule has 0 aromatic rings. The van der Waals surface area contributed by atoms with Gasteiger partial charge in [-0.3, -0.25) is 14.4 Å². The summed E-state index contributed by atoms with van der Waals surface area (Å²) in [7, 11) is 0. The van der Waals surface area contributed by atoms with Crippen LogP contribution in [-0.2, 0) is 14.4 Å². The normalized spacial score (nSPS) is 11.5. The molecule has 0 aliphatic heterocycles. The van der Waals surface area contributed by atoms with Gasteiger partial charge in [0.2, 0.25) is 11.7 Å².